The van der Waals surface area contributed by atoms with E-state index in [9.17, 15) is 14.4 Å². The van der Waals surface area contributed by atoms with Crippen LogP contribution in [0.3, 0.4) is 0 Å². The molecule has 2 aromatic rings. The van der Waals surface area contributed by atoms with Gasteiger partial charge in [0.2, 0.25) is 0 Å². The minimum absolute atomic E-state index is 0.0555. The predicted octanol–water partition coefficient (Wildman–Crippen LogP) is 3.03. The van der Waals surface area contributed by atoms with E-state index in [0.29, 0.717) is 22.7 Å². The van der Waals surface area contributed by atoms with E-state index in [0.717, 1.165) is 4.90 Å². The first-order chi connectivity index (χ1) is 13.9. The van der Waals surface area contributed by atoms with Crippen LogP contribution < -0.4 is 19.7 Å². The molecule has 0 radical (unpaired) electrons. The van der Waals surface area contributed by atoms with Crippen molar-refractivity contribution in [2.45, 2.75) is 0 Å². The fourth-order valence-corrected chi connectivity index (χ4v) is 2.88. The van der Waals surface area contributed by atoms with E-state index in [2.05, 4.69) is 11.2 Å². The summed E-state index contributed by atoms with van der Waals surface area (Å²) in [5.41, 5.74) is 0.558. The van der Waals surface area contributed by atoms with Gasteiger partial charge in [0, 0.05) is 0 Å². The van der Waals surface area contributed by atoms with Crippen LogP contribution in [0.2, 0.25) is 5.02 Å². The average Bonchev–Trinajstić information content (AvgIpc) is 2.71. The van der Waals surface area contributed by atoms with E-state index in [1.165, 1.54) is 31.4 Å². The van der Waals surface area contributed by atoms with Crippen molar-refractivity contribution in [1.82, 2.24) is 5.32 Å². The minimum Gasteiger partial charge on any atom is -0.497 e. The average molecular weight is 411 g/mol. The molecule has 1 fully saturated rings. The molecule has 146 valence electrons. The number of methoxy groups -OCH3 is 1. The number of halogens is 1. The highest BCUT2D eigenvalue weighted by atomic mass is 35.5. The SMILES string of the molecule is C#CCOc1ccc(/C=C2\C(=O)NC(=O)N(c3ccc(OC)cc3)C2=O)cc1Cl. The summed E-state index contributed by atoms with van der Waals surface area (Å²) in [6, 6.07) is 10.2. The van der Waals surface area contributed by atoms with Gasteiger partial charge in [-0.1, -0.05) is 23.6 Å². The summed E-state index contributed by atoms with van der Waals surface area (Å²) in [5, 5.41) is 2.42. The number of hydrogen-bond donors (Lipinski definition) is 1. The Hall–Kier alpha value is -3.76. The third kappa shape index (κ3) is 4.23. The molecule has 0 bridgehead atoms. The second-order valence-electron chi connectivity index (χ2n) is 5.84. The molecule has 0 aliphatic carbocycles. The topological polar surface area (TPSA) is 84.9 Å². The molecule has 1 heterocycles. The lowest BCUT2D eigenvalue weighted by molar-refractivity contribution is -0.122. The molecule has 1 aliphatic rings. The molecule has 1 aliphatic heterocycles. The third-order valence-electron chi connectivity index (χ3n) is 4.01. The van der Waals surface area contributed by atoms with Crippen molar-refractivity contribution < 1.29 is 23.9 Å². The Labute approximate surface area is 171 Å². The number of carbonyl (C=O) groups excluding carboxylic acids is 3. The smallest absolute Gasteiger partial charge is 0.335 e. The molecule has 29 heavy (non-hydrogen) atoms. The Morgan fingerprint density at radius 2 is 1.90 bits per heavy atom. The third-order valence-corrected chi connectivity index (χ3v) is 4.31. The van der Waals surface area contributed by atoms with Gasteiger partial charge >= 0.3 is 6.03 Å². The lowest BCUT2D eigenvalue weighted by Gasteiger charge is -2.26. The zero-order valence-electron chi connectivity index (χ0n) is 15.3. The summed E-state index contributed by atoms with van der Waals surface area (Å²) in [7, 11) is 1.50. The summed E-state index contributed by atoms with van der Waals surface area (Å²) in [5.74, 6) is 1.72. The van der Waals surface area contributed by atoms with Gasteiger partial charge in [-0.3, -0.25) is 14.9 Å². The largest absolute Gasteiger partial charge is 0.497 e. The van der Waals surface area contributed by atoms with Crippen LogP contribution in [0.4, 0.5) is 10.5 Å². The lowest BCUT2D eigenvalue weighted by atomic mass is 10.1. The monoisotopic (exact) mass is 410 g/mol. The van der Waals surface area contributed by atoms with Crippen molar-refractivity contribution in [3.05, 3.63) is 58.6 Å². The Morgan fingerprint density at radius 1 is 1.17 bits per heavy atom. The Bertz CT molecular complexity index is 1050. The number of amides is 4. The van der Waals surface area contributed by atoms with Gasteiger partial charge < -0.3 is 9.47 Å². The molecule has 0 unspecified atom stereocenters. The predicted molar refractivity (Wildman–Crippen MR) is 108 cm³/mol. The first-order valence-electron chi connectivity index (χ1n) is 8.36. The number of barbiturate groups is 1. The van der Waals surface area contributed by atoms with Gasteiger partial charge in [0.05, 0.1) is 17.8 Å². The van der Waals surface area contributed by atoms with E-state index in [4.69, 9.17) is 27.5 Å². The number of terminal acetylenes is 1. The zero-order chi connectivity index (χ0) is 21.0. The van der Waals surface area contributed by atoms with E-state index in [1.807, 2.05) is 0 Å². The normalized spacial score (nSPS) is 15.1. The first-order valence-corrected chi connectivity index (χ1v) is 8.73. The molecular weight excluding hydrogens is 396 g/mol. The second kappa shape index (κ2) is 8.50. The maximum atomic E-state index is 12.9. The summed E-state index contributed by atoms with van der Waals surface area (Å²) < 4.78 is 10.4. The second-order valence-corrected chi connectivity index (χ2v) is 6.25. The van der Waals surface area contributed by atoms with Gasteiger partial charge in [-0.05, 0) is 48.0 Å². The van der Waals surface area contributed by atoms with Crippen LogP contribution in [0, 0.1) is 12.3 Å². The lowest BCUT2D eigenvalue weighted by Crippen LogP contribution is -2.54. The van der Waals surface area contributed by atoms with Gasteiger partial charge in [-0.15, -0.1) is 6.42 Å². The number of anilines is 1. The van der Waals surface area contributed by atoms with Crippen LogP contribution in [0.15, 0.2) is 48.0 Å². The molecule has 7 nitrogen and oxygen atoms in total. The molecule has 0 aromatic heterocycles. The highest BCUT2D eigenvalue weighted by molar-refractivity contribution is 6.39. The molecule has 4 amide bonds. The van der Waals surface area contributed by atoms with Crippen LogP contribution in [0.1, 0.15) is 5.56 Å². The number of rotatable bonds is 5. The van der Waals surface area contributed by atoms with Crippen LogP contribution in [-0.2, 0) is 9.59 Å². The highest BCUT2D eigenvalue weighted by Gasteiger charge is 2.36. The van der Waals surface area contributed by atoms with Crippen LogP contribution >= 0.6 is 11.6 Å². The molecule has 2 aromatic carbocycles. The van der Waals surface area contributed by atoms with Crippen LogP contribution in [0.25, 0.3) is 6.08 Å². The van der Waals surface area contributed by atoms with Crippen molar-refractivity contribution >= 4 is 41.2 Å². The maximum absolute atomic E-state index is 12.9. The Kier molecular flexibility index (Phi) is 5.86. The van der Waals surface area contributed by atoms with Gasteiger partial charge in [0.25, 0.3) is 11.8 Å². The van der Waals surface area contributed by atoms with Crippen molar-refractivity contribution in [3.8, 4) is 23.8 Å². The summed E-state index contributed by atoms with van der Waals surface area (Å²) >= 11 is 6.15. The Balaban J connectivity index is 1.92. The molecule has 8 heteroatoms. The number of hydrogen-bond acceptors (Lipinski definition) is 5. The maximum Gasteiger partial charge on any atom is 0.335 e. The number of benzene rings is 2. The van der Waals surface area contributed by atoms with Gasteiger partial charge in [0.15, 0.2) is 0 Å². The van der Waals surface area contributed by atoms with Crippen molar-refractivity contribution in [1.29, 1.82) is 0 Å². The van der Waals surface area contributed by atoms with E-state index >= 15 is 0 Å². The molecular formula is C21H15ClN2O5. The zero-order valence-corrected chi connectivity index (χ0v) is 16.0. The quantitative estimate of drug-likeness (QED) is 0.465. The van der Waals surface area contributed by atoms with Crippen molar-refractivity contribution in [2.75, 3.05) is 18.6 Å². The molecule has 0 spiro atoms. The van der Waals surface area contributed by atoms with Gasteiger partial charge in [0.1, 0.15) is 23.7 Å². The fraction of sp³-hybridized carbons (Fsp3) is 0.0952. The number of nitrogens with one attached hydrogen (secondary N) is 1. The minimum atomic E-state index is -0.835. The number of ether oxygens (including phenoxy) is 2. The summed E-state index contributed by atoms with van der Waals surface area (Å²) in [4.78, 5) is 38.2. The number of urea groups is 1. The first kappa shape index (κ1) is 20.0. The molecule has 1 N–H and O–H groups in total. The molecule has 3 rings (SSSR count). The molecule has 1 saturated heterocycles. The summed E-state index contributed by atoms with van der Waals surface area (Å²) in [6.45, 7) is 0.0555. The summed E-state index contributed by atoms with van der Waals surface area (Å²) in [6.07, 6.45) is 6.50. The fourth-order valence-electron chi connectivity index (χ4n) is 2.63. The highest BCUT2D eigenvalue weighted by Crippen LogP contribution is 2.28. The van der Waals surface area contributed by atoms with Crippen LogP contribution in [-0.4, -0.2) is 31.6 Å². The van der Waals surface area contributed by atoms with Gasteiger partial charge in [-0.2, -0.15) is 0 Å². The van der Waals surface area contributed by atoms with E-state index < -0.39 is 17.8 Å². The van der Waals surface area contributed by atoms with Crippen molar-refractivity contribution in [3.63, 3.8) is 0 Å². The van der Waals surface area contributed by atoms with Gasteiger partial charge in [-0.25, -0.2) is 9.69 Å². The van der Waals surface area contributed by atoms with E-state index in [1.54, 1.807) is 24.3 Å². The standard InChI is InChI=1S/C21H15ClN2O5/c1-3-10-29-18-9-4-13(12-17(18)22)11-16-19(25)23-21(27)24(20(16)26)14-5-7-15(28-2)8-6-14/h1,4-9,11-12H,10H2,2H3,(H,23,25,27)/b16-11+. The Morgan fingerprint density at radius 3 is 2.52 bits per heavy atom. The molecule has 0 saturated carbocycles. The van der Waals surface area contributed by atoms with Crippen LogP contribution in [0.5, 0.6) is 11.5 Å². The number of nitrogens with zero attached hydrogens (tertiary/aromatic N) is 1. The van der Waals surface area contributed by atoms with Crippen molar-refractivity contribution in [2.24, 2.45) is 0 Å². The number of carbonyl (C=O) groups is 3. The van der Waals surface area contributed by atoms with E-state index in [-0.39, 0.29) is 17.2 Å². The molecule has 0 atom stereocenters. The number of imide groups is 2.